The summed E-state index contributed by atoms with van der Waals surface area (Å²) in [7, 11) is 0. The van der Waals surface area contributed by atoms with Crippen molar-refractivity contribution in [3.63, 3.8) is 0 Å². The van der Waals surface area contributed by atoms with Crippen LogP contribution in [-0.4, -0.2) is 40.0 Å². The number of Topliss-reactive ketones (excluding diaryl/α,β-unsaturated/α-hetero) is 1. The molecule has 0 unspecified atom stereocenters. The van der Waals surface area contributed by atoms with E-state index in [1.807, 2.05) is 0 Å². The number of carbonyl (C=O) groups excluding carboxylic acids is 2. The maximum Gasteiger partial charge on any atom is 0.290 e. The molecular weight excluding hydrogens is 294 g/mol. The van der Waals surface area contributed by atoms with E-state index in [0.717, 1.165) is 0 Å². The number of carbonyl (C=O) groups is 2. The first-order valence-electron chi connectivity index (χ1n) is 6.59. The van der Waals surface area contributed by atoms with E-state index in [-0.39, 0.29) is 24.5 Å². The van der Waals surface area contributed by atoms with Crippen LogP contribution in [0.2, 0.25) is 5.02 Å². The first-order chi connectivity index (χ1) is 9.99. The molecule has 0 aliphatic carbocycles. The van der Waals surface area contributed by atoms with Crippen molar-refractivity contribution >= 4 is 23.3 Å². The summed E-state index contributed by atoms with van der Waals surface area (Å²) in [5.74, 6) is -1.53. The Morgan fingerprint density at radius 2 is 2.05 bits per heavy atom. The van der Waals surface area contributed by atoms with Crippen LogP contribution in [0.25, 0.3) is 0 Å². The van der Waals surface area contributed by atoms with Gasteiger partial charge in [-0.25, -0.2) is 0 Å². The Balaban J connectivity index is 2.52. The van der Waals surface area contributed by atoms with E-state index in [2.05, 4.69) is 0 Å². The molecule has 1 aliphatic heterocycles. The standard InChI is InChI=1S/C15H16ClNO4/c1-9(19)12-13(10-5-2-3-6-11(10)16)17(7-4-8-18)15(21)14(12)20/h2-3,5-6,13,18,20H,4,7-8H2,1H3/t13-/m0/s1. The highest BCUT2D eigenvalue weighted by Gasteiger charge is 2.42. The van der Waals surface area contributed by atoms with Crippen molar-refractivity contribution in [1.82, 2.24) is 4.90 Å². The molecule has 0 bridgehead atoms. The minimum atomic E-state index is -0.713. The van der Waals surface area contributed by atoms with Gasteiger partial charge in [-0.2, -0.15) is 0 Å². The molecule has 1 heterocycles. The lowest BCUT2D eigenvalue weighted by atomic mass is 9.96. The SMILES string of the molecule is CC(=O)C1=C(O)C(=O)N(CCCO)[C@H]1c1ccccc1Cl. The van der Waals surface area contributed by atoms with Gasteiger partial charge in [-0.15, -0.1) is 0 Å². The third-order valence-corrected chi connectivity index (χ3v) is 3.78. The van der Waals surface area contributed by atoms with Crippen molar-refractivity contribution in [3.05, 3.63) is 46.2 Å². The van der Waals surface area contributed by atoms with E-state index >= 15 is 0 Å². The van der Waals surface area contributed by atoms with E-state index in [1.165, 1.54) is 11.8 Å². The molecule has 1 aromatic rings. The number of aliphatic hydroxyl groups is 2. The van der Waals surface area contributed by atoms with Crippen molar-refractivity contribution in [1.29, 1.82) is 0 Å². The second-order valence-corrected chi connectivity index (χ2v) is 5.23. The topological polar surface area (TPSA) is 77.8 Å². The number of hydrogen-bond acceptors (Lipinski definition) is 4. The second-order valence-electron chi connectivity index (χ2n) is 4.82. The molecular formula is C15H16ClNO4. The van der Waals surface area contributed by atoms with E-state index in [1.54, 1.807) is 24.3 Å². The van der Waals surface area contributed by atoms with Gasteiger partial charge in [0.15, 0.2) is 11.5 Å². The van der Waals surface area contributed by atoms with Gasteiger partial charge in [0.1, 0.15) is 0 Å². The minimum Gasteiger partial charge on any atom is -0.503 e. The largest absolute Gasteiger partial charge is 0.503 e. The fourth-order valence-electron chi connectivity index (χ4n) is 2.51. The Kier molecular flexibility index (Phi) is 4.65. The third-order valence-electron chi connectivity index (χ3n) is 3.44. The number of hydrogen-bond donors (Lipinski definition) is 2. The quantitative estimate of drug-likeness (QED) is 0.872. The van der Waals surface area contributed by atoms with E-state index in [4.69, 9.17) is 16.7 Å². The summed E-state index contributed by atoms with van der Waals surface area (Å²) < 4.78 is 0. The van der Waals surface area contributed by atoms with Crippen LogP contribution in [0.15, 0.2) is 35.6 Å². The molecule has 0 saturated heterocycles. The van der Waals surface area contributed by atoms with Crippen LogP contribution >= 0.6 is 11.6 Å². The molecule has 1 aliphatic rings. The Morgan fingerprint density at radius 1 is 1.38 bits per heavy atom. The molecule has 0 aromatic heterocycles. The number of halogens is 1. The number of ketones is 1. The Morgan fingerprint density at radius 3 is 2.62 bits per heavy atom. The number of nitrogens with zero attached hydrogens (tertiary/aromatic N) is 1. The summed E-state index contributed by atoms with van der Waals surface area (Å²) in [6, 6.07) is 6.17. The first-order valence-corrected chi connectivity index (χ1v) is 6.97. The number of amides is 1. The van der Waals surface area contributed by atoms with Gasteiger partial charge in [-0.05, 0) is 25.0 Å². The van der Waals surface area contributed by atoms with Gasteiger partial charge >= 0.3 is 0 Å². The lowest BCUT2D eigenvalue weighted by Crippen LogP contribution is -2.32. The normalized spacial score (nSPS) is 18.5. The van der Waals surface area contributed by atoms with Gasteiger partial charge in [0, 0.05) is 18.2 Å². The van der Waals surface area contributed by atoms with Gasteiger partial charge in [0.2, 0.25) is 0 Å². The predicted molar refractivity (Wildman–Crippen MR) is 77.9 cm³/mol. The second kappa shape index (κ2) is 6.28. The molecule has 0 radical (unpaired) electrons. The summed E-state index contributed by atoms with van der Waals surface area (Å²) >= 11 is 6.17. The van der Waals surface area contributed by atoms with Gasteiger partial charge in [-0.1, -0.05) is 29.8 Å². The predicted octanol–water partition coefficient (Wildman–Crippen LogP) is 2.01. The van der Waals surface area contributed by atoms with Crippen LogP contribution in [0, 0.1) is 0 Å². The van der Waals surface area contributed by atoms with Gasteiger partial charge < -0.3 is 15.1 Å². The van der Waals surface area contributed by atoms with E-state index in [9.17, 15) is 14.7 Å². The highest BCUT2D eigenvalue weighted by molar-refractivity contribution is 6.31. The molecule has 1 amide bonds. The summed E-state index contributed by atoms with van der Waals surface area (Å²) in [4.78, 5) is 25.4. The van der Waals surface area contributed by atoms with Crippen molar-refractivity contribution in [2.45, 2.75) is 19.4 Å². The van der Waals surface area contributed by atoms with Crippen LogP contribution < -0.4 is 0 Å². The highest BCUT2D eigenvalue weighted by atomic mass is 35.5. The average molecular weight is 310 g/mol. The molecule has 6 heteroatoms. The summed E-state index contributed by atoms with van der Waals surface area (Å²) in [5, 5.41) is 19.4. The molecule has 2 rings (SSSR count). The lowest BCUT2D eigenvalue weighted by Gasteiger charge is -2.27. The van der Waals surface area contributed by atoms with E-state index < -0.39 is 17.7 Å². The Labute approximate surface area is 127 Å². The lowest BCUT2D eigenvalue weighted by molar-refractivity contribution is -0.129. The zero-order valence-electron chi connectivity index (χ0n) is 11.5. The highest BCUT2D eigenvalue weighted by Crippen LogP contribution is 2.40. The number of rotatable bonds is 5. The van der Waals surface area contributed by atoms with Crippen LogP contribution in [0.1, 0.15) is 24.9 Å². The molecule has 1 atom stereocenters. The number of benzene rings is 1. The molecule has 21 heavy (non-hydrogen) atoms. The zero-order chi connectivity index (χ0) is 15.6. The molecule has 1 aromatic carbocycles. The monoisotopic (exact) mass is 309 g/mol. The van der Waals surface area contributed by atoms with Crippen molar-refractivity contribution in [2.24, 2.45) is 0 Å². The van der Waals surface area contributed by atoms with Crippen molar-refractivity contribution < 1.29 is 19.8 Å². The molecule has 112 valence electrons. The van der Waals surface area contributed by atoms with Crippen LogP contribution in [-0.2, 0) is 9.59 Å². The maximum absolute atomic E-state index is 12.2. The number of aliphatic hydroxyl groups excluding tert-OH is 2. The summed E-state index contributed by atoms with van der Waals surface area (Å²) in [6.07, 6.45) is 0.352. The minimum absolute atomic E-state index is 0.0473. The van der Waals surface area contributed by atoms with Gasteiger partial charge in [-0.3, -0.25) is 9.59 Å². The van der Waals surface area contributed by atoms with Crippen LogP contribution in [0.5, 0.6) is 0 Å². The van der Waals surface area contributed by atoms with Crippen molar-refractivity contribution in [3.8, 4) is 0 Å². The fraction of sp³-hybridized carbons (Fsp3) is 0.333. The van der Waals surface area contributed by atoms with Crippen LogP contribution in [0.4, 0.5) is 0 Å². The first kappa shape index (κ1) is 15.5. The van der Waals surface area contributed by atoms with Crippen LogP contribution in [0.3, 0.4) is 0 Å². The molecule has 0 fully saturated rings. The van der Waals surface area contributed by atoms with Crippen molar-refractivity contribution in [2.75, 3.05) is 13.2 Å². The summed E-state index contributed by atoms with van der Waals surface area (Å²) in [5.41, 5.74) is 0.630. The van der Waals surface area contributed by atoms with Gasteiger partial charge in [0.25, 0.3) is 5.91 Å². The molecule has 0 saturated carbocycles. The third kappa shape index (κ3) is 2.80. The summed E-state index contributed by atoms with van der Waals surface area (Å²) in [6.45, 7) is 1.44. The Hall–Kier alpha value is -1.85. The van der Waals surface area contributed by atoms with Gasteiger partial charge in [0.05, 0.1) is 11.6 Å². The molecule has 2 N–H and O–H groups in total. The molecule has 0 spiro atoms. The smallest absolute Gasteiger partial charge is 0.290 e. The molecule has 5 nitrogen and oxygen atoms in total. The maximum atomic E-state index is 12.2. The fourth-order valence-corrected chi connectivity index (χ4v) is 2.74. The zero-order valence-corrected chi connectivity index (χ0v) is 12.3. The Bertz CT molecular complexity index is 611. The van der Waals surface area contributed by atoms with E-state index in [0.29, 0.717) is 17.0 Å². The average Bonchev–Trinajstić information content (AvgIpc) is 2.69.